The van der Waals surface area contributed by atoms with Crippen LogP contribution in [0, 0.1) is 0 Å². The van der Waals surface area contributed by atoms with Crippen LogP contribution < -0.4 is 0 Å². The Hall–Kier alpha value is -0.590. The molecular weight excluding hydrogens is 262 g/mol. The van der Waals surface area contributed by atoms with Crippen molar-refractivity contribution >= 4 is 21.6 Å². The van der Waals surface area contributed by atoms with Crippen molar-refractivity contribution in [1.29, 1.82) is 0 Å². The Labute approximate surface area is 107 Å². The summed E-state index contributed by atoms with van der Waals surface area (Å²) in [6.45, 7) is 6.47. The van der Waals surface area contributed by atoms with Crippen molar-refractivity contribution in [1.82, 2.24) is 14.1 Å². The highest BCUT2D eigenvalue weighted by atomic mass is 35.5. The molecule has 17 heavy (non-hydrogen) atoms. The van der Waals surface area contributed by atoms with E-state index in [-0.39, 0.29) is 10.9 Å². The summed E-state index contributed by atoms with van der Waals surface area (Å²) in [6.07, 6.45) is 2.88. The monoisotopic (exact) mass is 279 g/mol. The van der Waals surface area contributed by atoms with Crippen LogP contribution in [0.15, 0.2) is 17.3 Å². The van der Waals surface area contributed by atoms with Crippen molar-refractivity contribution in [2.24, 2.45) is 0 Å². The van der Waals surface area contributed by atoms with Gasteiger partial charge in [0.25, 0.3) is 0 Å². The fourth-order valence-corrected chi connectivity index (χ4v) is 3.41. The molecule has 0 spiro atoms. The fourth-order valence-electron chi connectivity index (χ4n) is 1.63. The molecule has 0 aromatic carbocycles. The van der Waals surface area contributed by atoms with Crippen LogP contribution in [0.1, 0.15) is 20.8 Å². The maximum atomic E-state index is 12.3. The Morgan fingerprint density at radius 2 is 2.18 bits per heavy atom. The molecule has 0 aliphatic carbocycles. The van der Waals surface area contributed by atoms with Gasteiger partial charge in [-0.3, -0.25) is 4.68 Å². The minimum atomic E-state index is -3.44. The van der Waals surface area contributed by atoms with Gasteiger partial charge >= 0.3 is 0 Å². The molecule has 0 N–H and O–H groups in total. The van der Waals surface area contributed by atoms with Crippen LogP contribution in [0.5, 0.6) is 0 Å². The number of halogens is 1. The molecule has 1 aromatic heterocycles. The van der Waals surface area contributed by atoms with E-state index in [2.05, 4.69) is 5.10 Å². The molecule has 0 atom stereocenters. The number of hydrogen-bond donors (Lipinski definition) is 0. The first-order valence-corrected chi connectivity index (χ1v) is 7.51. The van der Waals surface area contributed by atoms with Crippen LogP contribution in [-0.4, -0.2) is 41.0 Å². The van der Waals surface area contributed by atoms with Crippen LogP contribution in [0.4, 0.5) is 0 Å². The molecule has 0 amide bonds. The lowest BCUT2D eigenvalue weighted by atomic mass is 10.4. The predicted molar refractivity (Wildman–Crippen MR) is 67.6 cm³/mol. The summed E-state index contributed by atoms with van der Waals surface area (Å²) in [5.41, 5.74) is 0. The van der Waals surface area contributed by atoms with Crippen molar-refractivity contribution in [2.75, 3.05) is 12.4 Å². The molecule has 0 aliphatic heterocycles. The Kier molecular flexibility index (Phi) is 4.97. The highest BCUT2D eigenvalue weighted by Crippen LogP contribution is 2.17. The SMILES string of the molecule is CCN(C(C)C)S(=O)(=O)c1cnn(CCCl)c1. The van der Waals surface area contributed by atoms with E-state index in [9.17, 15) is 8.42 Å². The van der Waals surface area contributed by atoms with E-state index in [4.69, 9.17) is 11.6 Å². The quantitative estimate of drug-likeness (QED) is 0.742. The third-order valence-corrected chi connectivity index (χ3v) is 4.69. The predicted octanol–water partition coefficient (Wildman–Crippen LogP) is 1.54. The minimum Gasteiger partial charge on any atom is -0.270 e. The molecule has 0 saturated carbocycles. The highest BCUT2D eigenvalue weighted by molar-refractivity contribution is 7.89. The van der Waals surface area contributed by atoms with Crippen molar-refractivity contribution in [3.8, 4) is 0 Å². The number of nitrogens with zero attached hydrogens (tertiary/aromatic N) is 3. The average molecular weight is 280 g/mol. The molecule has 0 unspecified atom stereocenters. The van der Waals surface area contributed by atoms with E-state index in [1.807, 2.05) is 20.8 Å². The molecule has 7 heteroatoms. The van der Waals surface area contributed by atoms with E-state index in [1.165, 1.54) is 21.4 Å². The van der Waals surface area contributed by atoms with Crippen LogP contribution in [0.25, 0.3) is 0 Å². The lowest BCUT2D eigenvalue weighted by Gasteiger charge is -2.23. The number of aryl methyl sites for hydroxylation is 1. The third kappa shape index (κ3) is 3.20. The van der Waals surface area contributed by atoms with E-state index < -0.39 is 10.0 Å². The molecule has 0 aliphatic rings. The van der Waals surface area contributed by atoms with E-state index in [0.717, 1.165) is 0 Å². The van der Waals surface area contributed by atoms with Gasteiger partial charge in [-0.25, -0.2) is 8.42 Å². The van der Waals surface area contributed by atoms with Crippen molar-refractivity contribution in [3.05, 3.63) is 12.4 Å². The molecule has 98 valence electrons. The van der Waals surface area contributed by atoms with E-state index in [0.29, 0.717) is 19.0 Å². The van der Waals surface area contributed by atoms with Crippen LogP contribution >= 0.6 is 11.6 Å². The van der Waals surface area contributed by atoms with Crippen LogP contribution in [-0.2, 0) is 16.6 Å². The number of rotatable bonds is 6. The van der Waals surface area contributed by atoms with Gasteiger partial charge < -0.3 is 0 Å². The van der Waals surface area contributed by atoms with E-state index >= 15 is 0 Å². The molecule has 5 nitrogen and oxygen atoms in total. The summed E-state index contributed by atoms with van der Waals surface area (Å²) >= 11 is 5.58. The Morgan fingerprint density at radius 1 is 1.53 bits per heavy atom. The van der Waals surface area contributed by atoms with Gasteiger partial charge in [0.15, 0.2) is 0 Å². The zero-order valence-corrected chi connectivity index (χ0v) is 11.9. The van der Waals surface area contributed by atoms with Gasteiger partial charge in [0.2, 0.25) is 10.0 Å². The van der Waals surface area contributed by atoms with Gasteiger partial charge in [0, 0.05) is 24.7 Å². The second kappa shape index (κ2) is 5.84. The Balaban J connectivity index is 3.03. The van der Waals surface area contributed by atoms with Gasteiger partial charge in [0.1, 0.15) is 4.90 Å². The molecule has 1 heterocycles. The number of hydrogen-bond acceptors (Lipinski definition) is 3. The van der Waals surface area contributed by atoms with Crippen molar-refractivity contribution in [3.63, 3.8) is 0 Å². The standard InChI is InChI=1S/C10H18ClN3O2S/c1-4-14(9(2)3)17(15,16)10-7-12-13(8-10)6-5-11/h7-9H,4-6H2,1-3H3. The van der Waals surface area contributed by atoms with E-state index in [1.54, 1.807) is 0 Å². The Morgan fingerprint density at radius 3 is 2.65 bits per heavy atom. The summed E-state index contributed by atoms with van der Waals surface area (Å²) < 4.78 is 27.5. The number of alkyl halides is 1. The maximum Gasteiger partial charge on any atom is 0.246 e. The summed E-state index contributed by atoms with van der Waals surface area (Å²) in [7, 11) is -3.44. The fraction of sp³-hybridized carbons (Fsp3) is 0.700. The molecular formula is C10H18ClN3O2S. The normalized spacial score (nSPS) is 12.6. The van der Waals surface area contributed by atoms with Crippen molar-refractivity contribution in [2.45, 2.75) is 38.3 Å². The van der Waals surface area contributed by atoms with Gasteiger partial charge in [-0.1, -0.05) is 6.92 Å². The molecule has 1 rings (SSSR count). The first-order chi connectivity index (χ1) is 7.93. The van der Waals surface area contributed by atoms with Gasteiger partial charge in [-0.2, -0.15) is 9.40 Å². The maximum absolute atomic E-state index is 12.3. The topological polar surface area (TPSA) is 55.2 Å². The minimum absolute atomic E-state index is 0.0682. The van der Waals surface area contributed by atoms with Crippen LogP contribution in [0.3, 0.4) is 0 Å². The zero-order valence-electron chi connectivity index (χ0n) is 10.3. The number of aromatic nitrogens is 2. The van der Waals surface area contributed by atoms with Crippen molar-refractivity contribution < 1.29 is 8.42 Å². The second-order valence-electron chi connectivity index (χ2n) is 3.93. The summed E-state index contributed by atoms with van der Waals surface area (Å²) in [5.74, 6) is 0.406. The lowest BCUT2D eigenvalue weighted by molar-refractivity contribution is 0.369. The first-order valence-electron chi connectivity index (χ1n) is 5.53. The molecule has 0 radical (unpaired) electrons. The zero-order chi connectivity index (χ0) is 13.1. The Bertz CT molecular complexity index is 456. The molecule has 0 saturated heterocycles. The molecule has 0 fully saturated rings. The first kappa shape index (κ1) is 14.5. The van der Waals surface area contributed by atoms with Crippen LogP contribution in [0.2, 0.25) is 0 Å². The third-order valence-electron chi connectivity index (χ3n) is 2.42. The highest BCUT2D eigenvalue weighted by Gasteiger charge is 2.26. The summed E-state index contributed by atoms with van der Waals surface area (Å²) in [5, 5.41) is 3.97. The number of sulfonamides is 1. The molecule has 1 aromatic rings. The summed E-state index contributed by atoms with van der Waals surface area (Å²) in [6, 6.07) is -0.0682. The van der Waals surface area contributed by atoms with Gasteiger partial charge in [0.05, 0.1) is 12.7 Å². The average Bonchev–Trinajstić information content (AvgIpc) is 2.67. The molecule has 0 bridgehead atoms. The summed E-state index contributed by atoms with van der Waals surface area (Å²) in [4.78, 5) is 0.221. The van der Waals surface area contributed by atoms with Gasteiger partial charge in [-0.05, 0) is 13.8 Å². The van der Waals surface area contributed by atoms with Gasteiger partial charge in [-0.15, -0.1) is 11.6 Å². The largest absolute Gasteiger partial charge is 0.270 e. The smallest absolute Gasteiger partial charge is 0.246 e. The lowest BCUT2D eigenvalue weighted by Crippen LogP contribution is -2.36. The second-order valence-corrected chi connectivity index (χ2v) is 6.20.